The molecule has 0 spiro atoms. The van der Waals surface area contributed by atoms with Crippen molar-refractivity contribution < 1.29 is 4.79 Å². The van der Waals surface area contributed by atoms with Gasteiger partial charge in [0.1, 0.15) is 0 Å². The highest BCUT2D eigenvalue weighted by atomic mass is 32.1. The number of aryl methyl sites for hydroxylation is 3. The van der Waals surface area contributed by atoms with Gasteiger partial charge in [0.05, 0.1) is 0 Å². The van der Waals surface area contributed by atoms with Gasteiger partial charge in [0.15, 0.2) is 5.82 Å². The second-order valence-corrected chi connectivity index (χ2v) is 5.58. The Kier molecular flexibility index (Phi) is 2.98. The molecule has 1 amide bonds. The Morgan fingerprint density at radius 3 is 2.80 bits per heavy atom. The van der Waals surface area contributed by atoms with Gasteiger partial charge < -0.3 is 5.32 Å². The molecule has 3 aromatic rings. The van der Waals surface area contributed by atoms with E-state index >= 15 is 0 Å². The molecule has 0 saturated heterocycles. The van der Waals surface area contributed by atoms with Crippen LogP contribution in [-0.4, -0.2) is 25.7 Å². The van der Waals surface area contributed by atoms with Crippen molar-refractivity contribution in [3.05, 3.63) is 40.2 Å². The van der Waals surface area contributed by atoms with Gasteiger partial charge in [-0.2, -0.15) is 4.52 Å². The predicted molar refractivity (Wildman–Crippen MR) is 77.3 cm³/mol. The predicted octanol–water partition coefficient (Wildman–Crippen LogP) is 2.36. The maximum Gasteiger partial charge on any atom is 0.286 e. The third-order valence-electron chi connectivity index (χ3n) is 2.98. The molecule has 102 valence electrons. The average molecular weight is 287 g/mol. The lowest BCUT2D eigenvalue weighted by atomic mass is 10.1. The molecule has 20 heavy (non-hydrogen) atoms. The van der Waals surface area contributed by atoms with Crippen LogP contribution in [0.15, 0.2) is 18.2 Å². The Hall–Kier alpha value is -2.28. The molecule has 7 heteroatoms. The Morgan fingerprint density at radius 2 is 2.05 bits per heavy atom. The van der Waals surface area contributed by atoms with Gasteiger partial charge in [-0.05, 0) is 38.0 Å². The van der Waals surface area contributed by atoms with Crippen LogP contribution in [0.25, 0.3) is 4.96 Å². The first kappa shape index (κ1) is 12.7. The van der Waals surface area contributed by atoms with Crippen LogP contribution in [0.3, 0.4) is 0 Å². The zero-order chi connectivity index (χ0) is 14.3. The molecule has 0 aliphatic rings. The number of fused-ring (bicyclic) bond motifs is 1. The fourth-order valence-electron chi connectivity index (χ4n) is 1.85. The number of carbonyl (C=O) groups excluding carboxylic acids is 1. The summed E-state index contributed by atoms with van der Waals surface area (Å²) in [5.41, 5.74) is 2.92. The van der Waals surface area contributed by atoms with Gasteiger partial charge in [-0.1, -0.05) is 23.5 Å². The highest BCUT2D eigenvalue weighted by molar-refractivity contribution is 7.18. The standard InChI is InChI=1S/C13H13N5OS/c1-7-4-5-8(2)10(6-7)14-11(19)12-17-18-9(3)15-16-13(18)20-12/h4-6H,1-3H3,(H,14,19). The first-order chi connectivity index (χ1) is 9.54. The number of hydrogen-bond donors (Lipinski definition) is 1. The summed E-state index contributed by atoms with van der Waals surface area (Å²) in [7, 11) is 0. The molecule has 3 rings (SSSR count). The summed E-state index contributed by atoms with van der Waals surface area (Å²) in [6, 6.07) is 5.93. The number of aromatic nitrogens is 4. The van der Waals surface area contributed by atoms with Crippen molar-refractivity contribution in [3.63, 3.8) is 0 Å². The highest BCUT2D eigenvalue weighted by Crippen LogP contribution is 2.19. The quantitative estimate of drug-likeness (QED) is 0.785. The first-order valence-electron chi connectivity index (χ1n) is 6.12. The molecule has 0 atom stereocenters. The van der Waals surface area contributed by atoms with Crippen molar-refractivity contribution in [2.75, 3.05) is 5.32 Å². The number of rotatable bonds is 2. The van der Waals surface area contributed by atoms with E-state index < -0.39 is 0 Å². The number of hydrogen-bond acceptors (Lipinski definition) is 5. The molecule has 1 aromatic carbocycles. The Labute approximate surface area is 119 Å². The lowest BCUT2D eigenvalue weighted by Gasteiger charge is -2.07. The minimum absolute atomic E-state index is 0.228. The van der Waals surface area contributed by atoms with Gasteiger partial charge in [0.2, 0.25) is 9.97 Å². The van der Waals surface area contributed by atoms with Crippen LogP contribution in [0.2, 0.25) is 0 Å². The van der Waals surface area contributed by atoms with Crippen molar-refractivity contribution >= 4 is 27.9 Å². The van der Waals surface area contributed by atoms with Crippen LogP contribution in [0.4, 0.5) is 5.69 Å². The number of nitrogens with zero attached hydrogens (tertiary/aromatic N) is 4. The number of anilines is 1. The van der Waals surface area contributed by atoms with E-state index in [1.54, 1.807) is 11.4 Å². The fraction of sp³-hybridized carbons (Fsp3) is 0.231. The molecule has 2 heterocycles. The summed E-state index contributed by atoms with van der Waals surface area (Å²) >= 11 is 1.22. The molecule has 0 aliphatic heterocycles. The zero-order valence-corrected chi connectivity index (χ0v) is 12.2. The Balaban J connectivity index is 1.90. The largest absolute Gasteiger partial charge is 0.320 e. The lowest BCUT2D eigenvalue weighted by Crippen LogP contribution is -2.13. The fourth-order valence-corrected chi connectivity index (χ4v) is 2.63. The van der Waals surface area contributed by atoms with E-state index in [0.717, 1.165) is 16.8 Å². The van der Waals surface area contributed by atoms with E-state index in [2.05, 4.69) is 20.6 Å². The molecule has 0 aliphatic carbocycles. The number of benzene rings is 1. The van der Waals surface area contributed by atoms with Crippen LogP contribution in [0, 0.1) is 20.8 Å². The van der Waals surface area contributed by atoms with Crippen LogP contribution >= 0.6 is 11.3 Å². The third-order valence-corrected chi connectivity index (χ3v) is 3.88. The normalized spacial score (nSPS) is 10.9. The highest BCUT2D eigenvalue weighted by Gasteiger charge is 2.16. The summed E-state index contributed by atoms with van der Waals surface area (Å²) in [5.74, 6) is 0.440. The topological polar surface area (TPSA) is 72.2 Å². The van der Waals surface area contributed by atoms with Crippen molar-refractivity contribution in [2.24, 2.45) is 0 Å². The minimum Gasteiger partial charge on any atom is -0.320 e. The van der Waals surface area contributed by atoms with E-state index in [9.17, 15) is 4.79 Å². The molecule has 1 N–H and O–H groups in total. The van der Waals surface area contributed by atoms with Crippen LogP contribution in [-0.2, 0) is 0 Å². The molecular formula is C13H13N5OS. The van der Waals surface area contributed by atoms with Crippen molar-refractivity contribution in [3.8, 4) is 0 Å². The van der Waals surface area contributed by atoms with E-state index in [1.165, 1.54) is 11.3 Å². The molecule has 0 unspecified atom stereocenters. The number of nitrogens with one attached hydrogen (secondary N) is 1. The second-order valence-electron chi connectivity index (χ2n) is 4.62. The smallest absolute Gasteiger partial charge is 0.286 e. The number of amides is 1. The van der Waals surface area contributed by atoms with Crippen molar-refractivity contribution in [2.45, 2.75) is 20.8 Å². The minimum atomic E-state index is -0.228. The van der Waals surface area contributed by atoms with Crippen LogP contribution < -0.4 is 5.32 Å². The summed E-state index contributed by atoms with van der Waals surface area (Å²) in [6.45, 7) is 5.74. The van der Waals surface area contributed by atoms with E-state index in [0.29, 0.717) is 15.8 Å². The van der Waals surface area contributed by atoms with Gasteiger partial charge >= 0.3 is 0 Å². The van der Waals surface area contributed by atoms with Gasteiger partial charge in [-0.3, -0.25) is 4.79 Å². The van der Waals surface area contributed by atoms with Crippen molar-refractivity contribution in [1.29, 1.82) is 0 Å². The van der Waals surface area contributed by atoms with Crippen LogP contribution in [0.5, 0.6) is 0 Å². The maximum absolute atomic E-state index is 12.2. The second kappa shape index (κ2) is 4.68. The summed E-state index contributed by atoms with van der Waals surface area (Å²) in [5, 5.41) is 15.3. The molecule has 0 radical (unpaired) electrons. The van der Waals surface area contributed by atoms with E-state index in [4.69, 9.17) is 0 Å². The van der Waals surface area contributed by atoms with Gasteiger partial charge in [-0.25, -0.2) is 0 Å². The Bertz CT molecular complexity index is 804. The van der Waals surface area contributed by atoms with E-state index in [-0.39, 0.29) is 5.91 Å². The molecule has 6 nitrogen and oxygen atoms in total. The Morgan fingerprint density at radius 1 is 1.25 bits per heavy atom. The monoisotopic (exact) mass is 287 g/mol. The zero-order valence-electron chi connectivity index (χ0n) is 11.3. The lowest BCUT2D eigenvalue weighted by molar-refractivity contribution is 0.102. The molecule has 2 aromatic heterocycles. The summed E-state index contributed by atoms with van der Waals surface area (Å²) in [6.07, 6.45) is 0. The SMILES string of the molecule is Cc1ccc(C)c(NC(=O)c2nn3c(C)nnc3s2)c1. The first-order valence-corrected chi connectivity index (χ1v) is 6.93. The summed E-state index contributed by atoms with van der Waals surface area (Å²) in [4.78, 5) is 12.9. The third kappa shape index (κ3) is 2.16. The van der Waals surface area contributed by atoms with Crippen molar-refractivity contribution in [1.82, 2.24) is 19.8 Å². The van der Waals surface area contributed by atoms with Crippen LogP contribution in [0.1, 0.15) is 26.8 Å². The number of carbonyl (C=O) groups is 1. The molecule has 0 saturated carbocycles. The van der Waals surface area contributed by atoms with E-state index in [1.807, 2.05) is 32.0 Å². The molecule has 0 bridgehead atoms. The van der Waals surface area contributed by atoms with Gasteiger partial charge in [-0.15, -0.1) is 15.3 Å². The van der Waals surface area contributed by atoms with Gasteiger partial charge in [0.25, 0.3) is 5.91 Å². The average Bonchev–Trinajstić information content (AvgIpc) is 2.97. The molecular weight excluding hydrogens is 274 g/mol. The maximum atomic E-state index is 12.2. The molecule has 0 fully saturated rings. The summed E-state index contributed by atoms with van der Waals surface area (Å²) < 4.78 is 1.57. The van der Waals surface area contributed by atoms with Gasteiger partial charge in [0, 0.05) is 5.69 Å².